The Morgan fingerprint density at radius 2 is 1.63 bits per heavy atom. The van der Waals surface area contributed by atoms with Gasteiger partial charge in [-0.3, -0.25) is 4.79 Å². The second kappa shape index (κ2) is 3.20. The fourth-order valence-electron chi connectivity index (χ4n) is 5.23. The first kappa shape index (κ1) is 11.9. The van der Waals surface area contributed by atoms with Gasteiger partial charge >= 0.3 is 0 Å². The van der Waals surface area contributed by atoms with E-state index in [4.69, 9.17) is 51.1 Å². The van der Waals surface area contributed by atoms with E-state index in [1.165, 1.54) is 6.42 Å². The van der Waals surface area contributed by atoms with Crippen LogP contribution >= 0.6 is 46.4 Å². The Morgan fingerprint density at radius 3 is 2.11 bits per heavy atom. The number of Topliss-reactive ketones (excluding diaryl/α,β-unsaturated/α-hetero) is 1. The lowest BCUT2D eigenvalue weighted by Gasteiger charge is -2.39. The smallest absolute Gasteiger partial charge is 0.218 e. The maximum Gasteiger partial charge on any atom is 0.218 e. The first-order valence-electron chi connectivity index (χ1n) is 6.34. The van der Waals surface area contributed by atoms with Crippen LogP contribution in [0.25, 0.3) is 0 Å². The van der Waals surface area contributed by atoms with Gasteiger partial charge in [-0.05, 0) is 30.1 Å². The van der Waals surface area contributed by atoms with E-state index >= 15 is 0 Å². The summed E-state index contributed by atoms with van der Waals surface area (Å²) in [4.78, 5) is 11.9. The Balaban J connectivity index is 1.75. The molecule has 1 heterocycles. The van der Waals surface area contributed by atoms with Crippen molar-refractivity contribution in [3.05, 3.63) is 20.1 Å². The van der Waals surface area contributed by atoms with Crippen molar-refractivity contribution < 1.29 is 9.53 Å². The molecule has 0 aromatic carbocycles. The zero-order chi connectivity index (χ0) is 13.3. The summed E-state index contributed by atoms with van der Waals surface area (Å²) in [7, 11) is 0. The van der Waals surface area contributed by atoms with Gasteiger partial charge in [0.15, 0.2) is 0 Å². The molecule has 1 aliphatic heterocycles. The van der Waals surface area contributed by atoms with Crippen molar-refractivity contribution in [2.45, 2.75) is 18.1 Å². The standard InChI is InChI=1S/C13H8Cl4O2/c14-7-9(18)8(15)12(17)13(11(7)16)6-3-1-2-4(6)5(2)10(3)19-13/h2-6,10H,1H2/t2-,3-,4?,5-,6+,10+/m0/s1. The molecule has 2 nitrogen and oxygen atoms in total. The van der Waals surface area contributed by atoms with Gasteiger partial charge in [-0.15, -0.1) is 0 Å². The molecule has 6 atom stereocenters. The highest BCUT2D eigenvalue weighted by Crippen LogP contribution is 2.82. The van der Waals surface area contributed by atoms with Gasteiger partial charge in [-0.1, -0.05) is 46.4 Å². The number of hydrogen-bond acceptors (Lipinski definition) is 2. The first-order chi connectivity index (χ1) is 9.00. The second-order valence-corrected chi connectivity index (χ2v) is 7.66. The van der Waals surface area contributed by atoms with Crippen LogP contribution in [0.15, 0.2) is 20.1 Å². The molecule has 0 N–H and O–H groups in total. The van der Waals surface area contributed by atoms with Crippen LogP contribution in [0.2, 0.25) is 0 Å². The lowest BCUT2D eigenvalue weighted by atomic mass is 9.79. The van der Waals surface area contributed by atoms with Crippen LogP contribution in [0, 0.1) is 29.6 Å². The van der Waals surface area contributed by atoms with E-state index in [1.54, 1.807) is 0 Å². The predicted molar refractivity (Wildman–Crippen MR) is 72.1 cm³/mol. The van der Waals surface area contributed by atoms with E-state index in [9.17, 15) is 4.79 Å². The lowest BCUT2D eigenvalue weighted by Crippen LogP contribution is -2.44. The fraction of sp³-hybridized carbons (Fsp3) is 0.615. The number of ketones is 1. The van der Waals surface area contributed by atoms with Crippen molar-refractivity contribution in [1.29, 1.82) is 0 Å². The van der Waals surface area contributed by atoms with E-state index in [2.05, 4.69) is 0 Å². The third kappa shape index (κ3) is 1.01. The normalized spacial score (nSPS) is 51.9. The second-order valence-electron chi connectivity index (χ2n) is 6.15. The maximum atomic E-state index is 11.9. The van der Waals surface area contributed by atoms with Gasteiger partial charge in [0.05, 0.1) is 16.2 Å². The Bertz CT molecular complexity index is 594. The number of ether oxygens (including phenoxy) is 1. The Morgan fingerprint density at radius 1 is 1.00 bits per heavy atom. The van der Waals surface area contributed by atoms with Crippen molar-refractivity contribution in [2.75, 3.05) is 0 Å². The highest BCUT2D eigenvalue weighted by Gasteiger charge is 2.84. The molecule has 5 aliphatic carbocycles. The zero-order valence-corrected chi connectivity index (χ0v) is 12.5. The van der Waals surface area contributed by atoms with E-state index in [0.717, 1.165) is 5.92 Å². The number of carbonyl (C=O) groups excluding carboxylic acids is 1. The third-order valence-corrected chi connectivity index (χ3v) is 7.60. The van der Waals surface area contributed by atoms with Crippen molar-refractivity contribution in [3.8, 4) is 0 Å². The molecule has 6 heteroatoms. The maximum absolute atomic E-state index is 11.9. The van der Waals surface area contributed by atoms with Gasteiger partial charge in [0, 0.05) is 5.92 Å². The van der Waals surface area contributed by atoms with Gasteiger partial charge in [0.1, 0.15) is 15.7 Å². The molecule has 6 bridgehead atoms. The molecule has 0 aromatic rings. The molecule has 6 rings (SSSR count). The summed E-state index contributed by atoms with van der Waals surface area (Å²) in [5, 5.41) is 0.380. The van der Waals surface area contributed by atoms with Crippen LogP contribution in [-0.2, 0) is 9.53 Å². The lowest BCUT2D eigenvalue weighted by molar-refractivity contribution is -0.112. The van der Waals surface area contributed by atoms with Gasteiger partial charge < -0.3 is 4.74 Å². The van der Waals surface area contributed by atoms with Crippen molar-refractivity contribution in [2.24, 2.45) is 29.6 Å². The number of halogens is 4. The molecule has 0 radical (unpaired) electrons. The summed E-state index contributed by atoms with van der Waals surface area (Å²) >= 11 is 24.8. The topological polar surface area (TPSA) is 26.3 Å². The summed E-state index contributed by atoms with van der Waals surface area (Å²) in [6.07, 6.45) is 1.40. The molecule has 0 aromatic heterocycles. The fourth-order valence-corrected chi connectivity index (χ4v) is 6.50. The summed E-state index contributed by atoms with van der Waals surface area (Å²) in [6, 6.07) is 0. The van der Waals surface area contributed by atoms with E-state index in [-0.39, 0.29) is 32.2 Å². The van der Waals surface area contributed by atoms with Crippen LogP contribution < -0.4 is 0 Å². The molecule has 100 valence electrons. The molecule has 5 fully saturated rings. The summed E-state index contributed by atoms with van der Waals surface area (Å²) < 4.78 is 6.21. The quantitative estimate of drug-likeness (QED) is 0.675. The first-order valence-corrected chi connectivity index (χ1v) is 7.85. The molecule has 19 heavy (non-hydrogen) atoms. The molecule has 6 aliphatic rings. The minimum atomic E-state index is -0.938. The summed E-state index contributed by atoms with van der Waals surface area (Å²) in [6.45, 7) is 0. The van der Waals surface area contributed by atoms with Crippen molar-refractivity contribution in [3.63, 3.8) is 0 Å². The predicted octanol–water partition coefficient (Wildman–Crippen LogP) is 3.60. The van der Waals surface area contributed by atoms with E-state index < -0.39 is 11.4 Å². The molecule has 1 saturated heterocycles. The largest absolute Gasteiger partial charge is 0.359 e. The Labute approximate surface area is 129 Å². The Kier molecular flexibility index (Phi) is 2.00. The number of hydrogen-bond donors (Lipinski definition) is 0. The van der Waals surface area contributed by atoms with Crippen molar-refractivity contribution in [1.82, 2.24) is 0 Å². The monoisotopic (exact) mass is 336 g/mol. The molecule has 1 unspecified atom stereocenters. The van der Waals surface area contributed by atoms with Gasteiger partial charge in [0.2, 0.25) is 5.78 Å². The van der Waals surface area contributed by atoms with Gasteiger partial charge in [-0.25, -0.2) is 0 Å². The Hall–Kier alpha value is 0.270. The average molecular weight is 338 g/mol. The third-order valence-electron chi connectivity index (χ3n) is 5.74. The number of allylic oxidation sites excluding steroid dienone is 2. The number of rotatable bonds is 0. The van der Waals surface area contributed by atoms with Crippen LogP contribution in [-0.4, -0.2) is 17.5 Å². The van der Waals surface area contributed by atoms with Gasteiger partial charge in [0.25, 0.3) is 0 Å². The SMILES string of the molecule is O=C1C(Cl)=C(Cl)C2(O[C@@H]3[C@H]4C[C@H]5C([C@@H]35)[C@@H]42)C(Cl)=C1Cl. The molecular weight excluding hydrogens is 330 g/mol. The van der Waals surface area contributed by atoms with Crippen LogP contribution in [0.4, 0.5) is 0 Å². The van der Waals surface area contributed by atoms with Crippen LogP contribution in [0.5, 0.6) is 0 Å². The minimum Gasteiger partial charge on any atom is -0.359 e. The zero-order valence-electron chi connectivity index (χ0n) is 9.50. The van der Waals surface area contributed by atoms with Crippen LogP contribution in [0.3, 0.4) is 0 Å². The average Bonchev–Trinajstić information content (AvgIpc) is 2.78. The van der Waals surface area contributed by atoms with Gasteiger partial charge in [-0.2, -0.15) is 0 Å². The van der Waals surface area contributed by atoms with Crippen LogP contribution in [0.1, 0.15) is 6.42 Å². The molecule has 4 saturated carbocycles. The molecule has 0 amide bonds. The summed E-state index contributed by atoms with van der Waals surface area (Å²) in [5.74, 6) is 2.27. The summed E-state index contributed by atoms with van der Waals surface area (Å²) in [5.41, 5.74) is -0.938. The highest BCUT2D eigenvalue weighted by molar-refractivity contribution is 6.61. The molecular formula is C13H8Cl4O2. The number of carbonyl (C=O) groups is 1. The minimum absolute atomic E-state index is 0.0435. The van der Waals surface area contributed by atoms with Crippen molar-refractivity contribution >= 4 is 52.2 Å². The van der Waals surface area contributed by atoms with E-state index in [0.29, 0.717) is 17.8 Å². The highest BCUT2D eigenvalue weighted by atomic mass is 35.5. The molecule has 1 spiro atoms. The van der Waals surface area contributed by atoms with E-state index in [1.807, 2.05) is 0 Å².